The summed E-state index contributed by atoms with van der Waals surface area (Å²) in [5.74, 6) is 0.706. The summed E-state index contributed by atoms with van der Waals surface area (Å²) in [7, 11) is 0. The molecule has 1 N–H and O–H groups in total. The number of hydrogen-bond donors (Lipinski definition) is 1. The van der Waals surface area contributed by atoms with E-state index < -0.39 is 0 Å². The Labute approximate surface area is 115 Å². The third-order valence-corrected chi connectivity index (χ3v) is 2.77. The molecule has 0 bridgehead atoms. The molecule has 104 valence electrons. The van der Waals surface area contributed by atoms with Crippen LogP contribution in [0.2, 0.25) is 0 Å². The quantitative estimate of drug-likeness (QED) is 0.548. The maximum Gasteiger partial charge on any atom is 0.127 e. The van der Waals surface area contributed by atoms with Crippen molar-refractivity contribution in [3.8, 4) is 5.75 Å². The van der Waals surface area contributed by atoms with Gasteiger partial charge >= 0.3 is 0 Å². The number of para-hydroxylation sites is 1. The van der Waals surface area contributed by atoms with Crippen molar-refractivity contribution in [3.05, 3.63) is 42.5 Å². The lowest BCUT2D eigenvalue weighted by Crippen LogP contribution is -2.32. The summed E-state index contributed by atoms with van der Waals surface area (Å²) in [6, 6.07) is 8.22. The predicted molar refractivity (Wildman–Crippen MR) is 78.5 cm³/mol. The first-order valence-electron chi connectivity index (χ1n) is 6.67. The minimum Gasteiger partial charge on any atom is -0.493 e. The normalized spacial score (nSPS) is 12.2. The van der Waals surface area contributed by atoms with Crippen molar-refractivity contribution in [3.63, 3.8) is 0 Å². The average Bonchev–Trinajstić information content (AvgIpc) is 2.40. The predicted octanol–water partition coefficient (Wildman–Crippen LogP) is 2.61. The van der Waals surface area contributed by atoms with Crippen molar-refractivity contribution in [2.45, 2.75) is 26.3 Å². The minimum atomic E-state index is -0.126. The monoisotopic (exact) mass is 261 g/mol. The van der Waals surface area contributed by atoms with Gasteiger partial charge in [0, 0.05) is 12.6 Å². The molecule has 0 saturated carbocycles. The van der Waals surface area contributed by atoms with Gasteiger partial charge < -0.3 is 14.8 Å². The van der Waals surface area contributed by atoms with Gasteiger partial charge in [0.25, 0.3) is 0 Å². The Morgan fingerprint density at radius 2 is 2.11 bits per heavy atom. The van der Waals surface area contributed by atoms with Crippen LogP contribution < -0.4 is 10.1 Å². The van der Waals surface area contributed by atoms with Gasteiger partial charge in [-0.1, -0.05) is 38.1 Å². The summed E-state index contributed by atoms with van der Waals surface area (Å²) in [6.07, 6.45) is 3.57. The number of carbonyl (C=O) groups is 1. The molecule has 1 atom stereocenters. The summed E-state index contributed by atoms with van der Waals surface area (Å²) in [5, 5.41) is 3.25. The van der Waals surface area contributed by atoms with Crippen molar-refractivity contribution in [2.24, 2.45) is 5.92 Å². The molecule has 1 aromatic carbocycles. The molecule has 0 amide bonds. The average molecular weight is 261 g/mol. The molecule has 0 fully saturated rings. The number of carbonyl (C=O) groups excluding carboxylic acids is 1. The number of hydrogen-bond acceptors (Lipinski definition) is 3. The van der Waals surface area contributed by atoms with E-state index >= 15 is 0 Å². The molecule has 0 spiro atoms. The molecule has 3 nitrogen and oxygen atoms in total. The standard InChI is InChI=1S/C16H23NO2/c1-4-7-15-8-5-6-9-16(15)19-12-14(11-18)10-17-13(2)3/h4-6,8-9,11,13-14,17H,1,7,10,12H2,2-3H3. The van der Waals surface area contributed by atoms with E-state index in [2.05, 4.69) is 25.7 Å². The Hall–Kier alpha value is -1.61. The fourth-order valence-electron chi connectivity index (χ4n) is 1.70. The Bertz CT molecular complexity index is 401. The molecule has 0 saturated heterocycles. The van der Waals surface area contributed by atoms with Crippen molar-refractivity contribution in [2.75, 3.05) is 13.2 Å². The number of aldehydes is 1. The van der Waals surface area contributed by atoms with Crippen LogP contribution in [0.5, 0.6) is 5.75 Å². The van der Waals surface area contributed by atoms with Crippen molar-refractivity contribution in [1.82, 2.24) is 5.32 Å². The molecular formula is C16H23NO2. The molecule has 0 aliphatic heterocycles. The van der Waals surface area contributed by atoms with Crippen LogP contribution in [0.15, 0.2) is 36.9 Å². The fraction of sp³-hybridized carbons (Fsp3) is 0.438. The van der Waals surface area contributed by atoms with Gasteiger partial charge in [-0.15, -0.1) is 6.58 Å². The molecule has 3 heteroatoms. The topological polar surface area (TPSA) is 38.3 Å². The zero-order valence-electron chi connectivity index (χ0n) is 11.8. The number of rotatable bonds is 9. The number of allylic oxidation sites excluding steroid dienone is 1. The lowest BCUT2D eigenvalue weighted by Gasteiger charge is -2.16. The summed E-state index contributed by atoms with van der Waals surface area (Å²) in [4.78, 5) is 11.0. The highest BCUT2D eigenvalue weighted by Gasteiger charge is 2.10. The molecule has 1 rings (SSSR count). The molecule has 1 aromatic rings. The Morgan fingerprint density at radius 3 is 2.74 bits per heavy atom. The highest BCUT2D eigenvalue weighted by atomic mass is 16.5. The summed E-state index contributed by atoms with van der Waals surface area (Å²) < 4.78 is 5.76. The smallest absolute Gasteiger partial charge is 0.127 e. The molecule has 0 aromatic heterocycles. The van der Waals surface area contributed by atoms with Gasteiger partial charge in [-0.2, -0.15) is 0 Å². The van der Waals surface area contributed by atoms with Gasteiger partial charge in [-0.05, 0) is 18.1 Å². The van der Waals surface area contributed by atoms with Gasteiger partial charge in [0.1, 0.15) is 12.0 Å². The van der Waals surface area contributed by atoms with Crippen molar-refractivity contribution in [1.29, 1.82) is 0 Å². The molecule has 19 heavy (non-hydrogen) atoms. The van der Waals surface area contributed by atoms with Crippen LogP contribution in [0.3, 0.4) is 0 Å². The molecule has 0 radical (unpaired) electrons. The lowest BCUT2D eigenvalue weighted by molar-refractivity contribution is -0.111. The van der Waals surface area contributed by atoms with Gasteiger partial charge in [0.2, 0.25) is 0 Å². The van der Waals surface area contributed by atoms with Crippen LogP contribution in [0.1, 0.15) is 19.4 Å². The van der Waals surface area contributed by atoms with E-state index in [1.54, 1.807) is 0 Å². The Balaban J connectivity index is 2.54. The van der Waals surface area contributed by atoms with E-state index in [9.17, 15) is 4.79 Å². The van der Waals surface area contributed by atoms with Crippen LogP contribution in [-0.4, -0.2) is 25.5 Å². The van der Waals surface area contributed by atoms with Crippen LogP contribution >= 0.6 is 0 Å². The van der Waals surface area contributed by atoms with E-state index in [0.717, 1.165) is 24.0 Å². The van der Waals surface area contributed by atoms with Gasteiger partial charge in [-0.25, -0.2) is 0 Å². The first kappa shape index (κ1) is 15.4. The molecular weight excluding hydrogens is 238 g/mol. The van der Waals surface area contributed by atoms with Crippen LogP contribution in [0, 0.1) is 5.92 Å². The zero-order valence-corrected chi connectivity index (χ0v) is 11.8. The van der Waals surface area contributed by atoms with E-state index in [0.29, 0.717) is 19.2 Å². The number of benzene rings is 1. The van der Waals surface area contributed by atoms with Gasteiger partial charge in [0.05, 0.1) is 12.5 Å². The van der Waals surface area contributed by atoms with E-state index in [4.69, 9.17) is 4.74 Å². The van der Waals surface area contributed by atoms with E-state index in [1.807, 2.05) is 30.3 Å². The summed E-state index contributed by atoms with van der Waals surface area (Å²) >= 11 is 0. The van der Waals surface area contributed by atoms with Crippen LogP contribution in [0.25, 0.3) is 0 Å². The zero-order chi connectivity index (χ0) is 14.1. The summed E-state index contributed by atoms with van der Waals surface area (Å²) in [5.41, 5.74) is 1.10. The third-order valence-electron chi connectivity index (χ3n) is 2.77. The second-order valence-electron chi connectivity index (χ2n) is 4.87. The first-order valence-corrected chi connectivity index (χ1v) is 6.67. The highest BCUT2D eigenvalue weighted by Crippen LogP contribution is 2.19. The largest absolute Gasteiger partial charge is 0.493 e. The summed E-state index contributed by atoms with van der Waals surface area (Å²) in [6.45, 7) is 8.89. The maximum atomic E-state index is 11.0. The first-order chi connectivity index (χ1) is 9.17. The lowest BCUT2D eigenvalue weighted by atomic mass is 10.1. The number of ether oxygens (including phenoxy) is 1. The Kier molecular flexibility index (Phi) is 6.90. The molecule has 0 aliphatic carbocycles. The van der Waals surface area contributed by atoms with Crippen LogP contribution in [0.4, 0.5) is 0 Å². The highest BCUT2D eigenvalue weighted by molar-refractivity contribution is 5.54. The number of nitrogens with one attached hydrogen (secondary N) is 1. The fourth-order valence-corrected chi connectivity index (χ4v) is 1.70. The van der Waals surface area contributed by atoms with E-state index in [1.165, 1.54) is 0 Å². The van der Waals surface area contributed by atoms with Gasteiger partial charge in [-0.3, -0.25) is 0 Å². The third kappa shape index (κ3) is 5.71. The second-order valence-corrected chi connectivity index (χ2v) is 4.87. The maximum absolute atomic E-state index is 11.0. The molecule has 1 unspecified atom stereocenters. The van der Waals surface area contributed by atoms with Crippen molar-refractivity contribution >= 4 is 6.29 Å². The molecule has 0 heterocycles. The SMILES string of the molecule is C=CCc1ccccc1OCC(C=O)CNC(C)C. The van der Waals surface area contributed by atoms with Crippen LogP contribution in [-0.2, 0) is 11.2 Å². The van der Waals surface area contributed by atoms with E-state index in [-0.39, 0.29) is 5.92 Å². The molecule has 0 aliphatic rings. The Morgan fingerprint density at radius 1 is 1.37 bits per heavy atom. The van der Waals surface area contributed by atoms with Crippen molar-refractivity contribution < 1.29 is 9.53 Å². The van der Waals surface area contributed by atoms with Gasteiger partial charge in [0.15, 0.2) is 0 Å². The minimum absolute atomic E-state index is 0.126. The second kappa shape index (κ2) is 8.48.